The van der Waals surface area contributed by atoms with E-state index in [1.54, 1.807) is 0 Å². The third kappa shape index (κ3) is 3.45. The molecule has 2 rings (SSSR count). The van der Waals surface area contributed by atoms with Crippen LogP contribution in [0.15, 0.2) is 16.9 Å². The number of pyridine rings is 1. The van der Waals surface area contributed by atoms with Gasteiger partial charge in [-0.3, -0.25) is 4.79 Å². The molecule has 0 saturated heterocycles. The second-order valence-corrected chi connectivity index (χ2v) is 5.79. The van der Waals surface area contributed by atoms with Crippen molar-refractivity contribution in [2.75, 3.05) is 0 Å². The fourth-order valence-corrected chi connectivity index (χ4v) is 2.06. The summed E-state index contributed by atoms with van der Waals surface area (Å²) in [6.07, 6.45) is 3.57. The standard InChI is InChI=1S/C15H24N2O/c1-11(2)8-9-17-12(3)4-5-13(15(17)18)10-16-14-6-7-14/h4-5,11,14,16H,6-10H2,1-3H3. The summed E-state index contributed by atoms with van der Waals surface area (Å²) in [5.74, 6) is 0.629. The van der Waals surface area contributed by atoms with Crippen molar-refractivity contribution in [3.63, 3.8) is 0 Å². The summed E-state index contributed by atoms with van der Waals surface area (Å²) in [4.78, 5) is 12.4. The van der Waals surface area contributed by atoms with Crippen LogP contribution in [0.4, 0.5) is 0 Å². The van der Waals surface area contributed by atoms with Gasteiger partial charge in [0.2, 0.25) is 0 Å². The van der Waals surface area contributed by atoms with Gasteiger partial charge in [0.15, 0.2) is 0 Å². The van der Waals surface area contributed by atoms with E-state index in [1.165, 1.54) is 12.8 Å². The summed E-state index contributed by atoms with van der Waals surface area (Å²) in [5, 5.41) is 3.41. The van der Waals surface area contributed by atoms with E-state index in [0.29, 0.717) is 18.5 Å². The quantitative estimate of drug-likeness (QED) is 0.839. The molecule has 1 aliphatic carbocycles. The summed E-state index contributed by atoms with van der Waals surface area (Å²) >= 11 is 0. The number of hydrogen-bond donors (Lipinski definition) is 1. The van der Waals surface area contributed by atoms with Crippen molar-refractivity contribution >= 4 is 0 Å². The van der Waals surface area contributed by atoms with Gasteiger partial charge in [0.1, 0.15) is 0 Å². The fourth-order valence-electron chi connectivity index (χ4n) is 2.06. The first kappa shape index (κ1) is 13.3. The van der Waals surface area contributed by atoms with E-state index in [9.17, 15) is 4.79 Å². The van der Waals surface area contributed by atoms with Crippen LogP contribution in [0.2, 0.25) is 0 Å². The number of aromatic nitrogens is 1. The zero-order valence-corrected chi connectivity index (χ0v) is 11.7. The van der Waals surface area contributed by atoms with Crippen LogP contribution in [0.1, 0.15) is 44.4 Å². The van der Waals surface area contributed by atoms with Gasteiger partial charge in [-0.1, -0.05) is 19.9 Å². The van der Waals surface area contributed by atoms with E-state index in [-0.39, 0.29) is 5.56 Å². The van der Waals surface area contributed by atoms with Gasteiger partial charge in [-0.25, -0.2) is 0 Å². The maximum absolute atomic E-state index is 12.4. The largest absolute Gasteiger partial charge is 0.313 e. The van der Waals surface area contributed by atoms with Gasteiger partial charge in [0.25, 0.3) is 5.56 Å². The lowest BCUT2D eigenvalue weighted by Crippen LogP contribution is -2.29. The Morgan fingerprint density at radius 2 is 2.11 bits per heavy atom. The SMILES string of the molecule is Cc1ccc(CNC2CC2)c(=O)n1CCC(C)C. The van der Waals surface area contributed by atoms with Crippen LogP contribution in [0, 0.1) is 12.8 Å². The highest BCUT2D eigenvalue weighted by Gasteiger charge is 2.20. The van der Waals surface area contributed by atoms with Gasteiger partial charge in [-0.15, -0.1) is 0 Å². The summed E-state index contributed by atoms with van der Waals surface area (Å²) < 4.78 is 1.92. The molecular formula is C15H24N2O. The van der Waals surface area contributed by atoms with Crippen molar-refractivity contribution in [2.24, 2.45) is 5.92 Å². The number of aryl methyl sites for hydroxylation is 1. The zero-order valence-electron chi connectivity index (χ0n) is 11.7. The molecule has 0 atom stereocenters. The molecule has 18 heavy (non-hydrogen) atoms. The average molecular weight is 248 g/mol. The number of nitrogens with one attached hydrogen (secondary N) is 1. The predicted octanol–water partition coefficient (Wildman–Crippen LogP) is 2.45. The third-order valence-corrected chi connectivity index (χ3v) is 3.56. The molecule has 1 fully saturated rings. The van der Waals surface area contributed by atoms with Crippen molar-refractivity contribution < 1.29 is 0 Å². The monoisotopic (exact) mass is 248 g/mol. The maximum atomic E-state index is 12.4. The van der Waals surface area contributed by atoms with Crippen LogP contribution in [0.5, 0.6) is 0 Å². The van der Waals surface area contributed by atoms with Crippen molar-refractivity contribution in [1.29, 1.82) is 0 Å². The number of rotatable bonds is 6. The second-order valence-electron chi connectivity index (χ2n) is 5.79. The van der Waals surface area contributed by atoms with Gasteiger partial charge in [-0.05, 0) is 38.2 Å². The smallest absolute Gasteiger partial charge is 0.255 e. The minimum absolute atomic E-state index is 0.184. The highest BCUT2D eigenvalue weighted by atomic mass is 16.1. The molecule has 0 aliphatic heterocycles. The van der Waals surface area contributed by atoms with Crippen LogP contribution in [0.3, 0.4) is 0 Å². The van der Waals surface area contributed by atoms with Crippen molar-refractivity contribution in [3.8, 4) is 0 Å². The Morgan fingerprint density at radius 3 is 2.72 bits per heavy atom. The summed E-state index contributed by atoms with van der Waals surface area (Å²) in [6, 6.07) is 4.68. The molecule has 1 N–H and O–H groups in total. The molecular weight excluding hydrogens is 224 g/mol. The Morgan fingerprint density at radius 1 is 1.39 bits per heavy atom. The highest BCUT2D eigenvalue weighted by Crippen LogP contribution is 2.18. The molecule has 1 aliphatic rings. The second kappa shape index (κ2) is 5.70. The van der Waals surface area contributed by atoms with Gasteiger partial charge in [0, 0.05) is 30.4 Å². The molecule has 1 aromatic heterocycles. The van der Waals surface area contributed by atoms with E-state index in [2.05, 4.69) is 25.2 Å². The number of hydrogen-bond acceptors (Lipinski definition) is 2. The molecule has 1 saturated carbocycles. The normalized spacial score (nSPS) is 15.3. The van der Waals surface area contributed by atoms with Crippen LogP contribution >= 0.6 is 0 Å². The Hall–Kier alpha value is -1.09. The van der Waals surface area contributed by atoms with Gasteiger partial charge >= 0.3 is 0 Å². The fraction of sp³-hybridized carbons (Fsp3) is 0.667. The Labute approximate surface area is 109 Å². The topological polar surface area (TPSA) is 34.0 Å². The third-order valence-electron chi connectivity index (χ3n) is 3.56. The molecule has 0 amide bonds. The molecule has 0 radical (unpaired) electrons. The molecule has 0 spiro atoms. The molecule has 0 aromatic carbocycles. The Kier molecular flexibility index (Phi) is 4.23. The van der Waals surface area contributed by atoms with Gasteiger partial charge in [0.05, 0.1) is 0 Å². The molecule has 0 bridgehead atoms. The lowest BCUT2D eigenvalue weighted by Gasteiger charge is -2.13. The molecule has 100 valence electrons. The summed E-state index contributed by atoms with van der Waals surface area (Å²) in [7, 11) is 0. The zero-order chi connectivity index (χ0) is 13.1. The molecule has 1 aromatic rings. The van der Waals surface area contributed by atoms with E-state index >= 15 is 0 Å². The Balaban J connectivity index is 2.10. The van der Waals surface area contributed by atoms with Gasteiger partial charge in [-0.2, -0.15) is 0 Å². The minimum Gasteiger partial charge on any atom is -0.313 e. The van der Waals surface area contributed by atoms with E-state index < -0.39 is 0 Å². The minimum atomic E-state index is 0.184. The maximum Gasteiger partial charge on any atom is 0.255 e. The van der Waals surface area contributed by atoms with Crippen LogP contribution in [0.25, 0.3) is 0 Å². The van der Waals surface area contributed by atoms with Crippen LogP contribution in [-0.2, 0) is 13.1 Å². The Bertz CT molecular complexity index is 458. The first-order chi connectivity index (χ1) is 8.58. The van der Waals surface area contributed by atoms with Gasteiger partial charge < -0.3 is 9.88 Å². The van der Waals surface area contributed by atoms with Crippen LogP contribution < -0.4 is 10.9 Å². The predicted molar refractivity (Wildman–Crippen MR) is 74.8 cm³/mol. The number of nitrogens with zero attached hydrogens (tertiary/aromatic N) is 1. The van der Waals surface area contributed by atoms with E-state index in [1.807, 2.05) is 17.6 Å². The summed E-state index contributed by atoms with van der Waals surface area (Å²) in [6.45, 7) is 7.95. The molecule has 3 heteroatoms. The molecule has 0 unspecified atom stereocenters. The molecule has 1 heterocycles. The first-order valence-corrected chi connectivity index (χ1v) is 7.00. The average Bonchev–Trinajstić information content (AvgIpc) is 3.11. The first-order valence-electron chi connectivity index (χ1n) is 7.00. The van der Waals surface area contributed by atoms with Crippen molar-refractivity contribution in [2.45, 2.75) is 59.2 Å². The van der Waals surface area contributed by atoms with E-state index in [0.717, 1.165) is 24.2 Å². The van der Waals surface area contributed by atoms with E-state index in [4.69, 9.17) is 0 Å². The molecule has 3 nitrogen and oxygen atoms in total. The highest BCUT2D eigenvalue weighted by molar-refractivity contribution is 5.15. The van der Waals surface area contributed by atoms with Crippen molar-refractivity contribution in [3.05, 3.63) is 33.7 Å². The summed E-state index contributed by atoms with van der Waals surface area (Å²) in [5.41, 5.74) is 2.15. The lowest BCUT2D eigenvalue weighted by molar-refractivity contribution is 0.498. The van der Waals surface area contributed by atoms with Crippen molar-refractivity contribution in [1.82, 2.24) is 9.88 Å². The lowest BCUT2D eigenvalue weighted by atomic mass is 10.1. The van der Waals surface area contributed by atoms with Crippen LogP contribution in [-0.4, -0.2) is 10.6 Å².